The Balaban J connectivity index is 1.15. The number of anilines is 1. The number of likely N-dealkylation sites (tertiary alicyclic amines) is 1. The first-order valence-corrected chi connectivity index (χ1v) is 21.1. The highest BCUT2D eigenvalue weighted by molar-refractivity contribution is 7.87. The first kappa shape index (κ1) is 40.0. The minimum Gasteiger partial charge on any atom is -0.451 e. The molecule has 13 nitrogen and oxygen atoms in total. The molecule has 2 saturated heterocycles. The van der Waals surface area contributed by atoms with Crippen LogP contribution < -0.4 is 15.8 Å². The van der Waals surface area contributed by atoms with Gasteiger partial charge in [0.05, 0.1) is 0 Å². The van der Waals surface area contributed by atoms with Crippen LogP contribution in [0.25, 0.3) is 11.0 Å². The number of carbonyl (C=O) groups excluding carboxylic acids is 4. The number of furan rings is 1. The van der Waals surface area contributed by atoms with Gasteiger partial charge in [-0.25, -0.2) is 13.9 Å². The van der Waals surface area contributed by atoms with Crippen LogP contribution in [0.4, 0.5) is 14.9 Å². The zero-order chi connectivity index (χ0) is 38.8. The van der Waals surface area contributed by atoms with Gasteiger partial charge in [0.2, 0.25) is 11.8 Å². The van der Waals surface area contributed by atoms with Gasteiger partial charge in [0.25, 0.3) is 0 Å². The first-order chi connectivity index (χ1) is 25.6. The molecule has 4 amide bonds. The molecule has 2 aromatic rings. The second-order valence-electron chi connectivity index (χ2n) is 16.9. The molecule has 2 saturated carbocycles. The number of amides is 4. The van der Waals surface area contributed by atoms with E-state index in [1.54, 1.807) is 43.9 Å². The van der Waals surface area contributed by atoms with E-state index in [2.05, 4.69) is 10.0 Å². The molecule has 6 rings (SSSR count). The van der Waals surface area contributed by atoms with Crippen LogP contribution in [0.2, 0.25) is 0 Å². The van der Waals surface area contributed by atoms with Gasteiger partial charge in [-0.2, -0.15) is 12.7 Å². The lowest BCUT2D eigenvalue weighted by Gasteiger charge is -2.39. The fourth-order valence-electron chi connectivity index (χ4n) is 9.19. The molecule has 2 aliphatic heterocycles. The molecule has 54 heavy (non-hydrogen) atoms. The van der Waals surface area contributed by atoms with Crippen molar-refractivity contribution >= 4 is 50.7 Å². The Bertz CT molecular complexity index is 1790. The number of fused-ring (bicyclic) bond motifs is 1. The molecule has 4 aliphatic rings. The molecule has 0 radical (unpaired) electrons. The second kappa shape index (κ2) is 16.6. The quantitative estimate of drug-likeness (QED) is 0.252. The number of nitrogens with two attached hydrogens (primary N) is 1. The maximum atomic E-state index is 15.5. The minimum atomic E-state index is -4.01. The molecule has 298 valence electrons. The first-order valence-electron chi connectivity index (χ1n) is 19.7. The van der Waals surface area contributed by atoms with Crippen molar-refractivity contribution in [1.29, 1.82) is 0 Å². The smallest absolute Gasteiger partial charge is 0.404 e. The Hall–Kier alpha value is -3.72. The van der Waals surface area contributed by atoms with Crippen LogP contribution >= 0.6 is 0 Å². The Kier molecular flexibility index (Phi) is 12.3. The number of ether oxygens (including phenoxy) is 1. The van der Waals surface area contributed by atoms with Crippen LogP contribution in [-0.2, 0) is 24.5 Å². The molecular weight excluding hydrogens is 718 g/mol. The van der Waals surface area contributed by atoms with Crippen LogP contribution in [0.1, 0.15) is 115 Å². The Morgan fingerprint density at radius 3 is 2.22 bits per heavy atom. The summed E-state index contributed by atoms with van der Waals surface area (Å²) in [5.41, 5.74) is 5.38. The van der Waals surface area contributed by atoms with Gasteiger partial charge in [0, 0.05) is 36.6 Å². The fourth-order valence-corrected chi connectivity index (χ4v) is 10.4. The van der Waals surface area contributed by atoms with Crippen LogP contribution in [0.5, 0.6) is 0 Å². The van der Waals surface area contributed by atoms with E-state index in [-0.39, 0.29) is 35.3 Å². The highest BCUT2D eigenvalue weighted by Crippen LogP contribution is 2.43. The number of rotatable bonds is 10. The number of halogens is 1. The molecule has 0 bridgehead atoms. The number of hydrogen-bond donors (Lipinski definition) is 3. The van der Waals surface area contributed by atoms with Crippen molar-refractivity contribution < 1.29 is 41.1 Å². The number of alkyl halides is 1. The summed E-state index contributed by atoms with van der Waals surface area (Å²) in [6.45, 7) is 6.43. The van der Waals surface area contributed by atoms with Gasteiger partial charge in [-0.1, -0.05) is 59.3 Å². The zero-order valence-corrected chi connectivity index (χ0v) is 32.5. The zero-order valence-electron chi connectivity index (χ0n) is 31.7. The van der Waals surface area contributed by atoms with Crippen molar-refractivity contribution in [2.75, 3.05) is 25.0 Å². The predicted octanol–water partition coefficient (Wildman–Crippen LogP) is 6.28. The van der Waals surface area contributed by atoms with Crippen LogP contribution in [0.15, 0.2) is 28.7 Å². The number of nitrogens with one attached hydrogen (secondary N) is 2. The normalized spacial score (nSPS) is 25.9. The average Bonchev–Trinajstić information content (AvgIpc) is 3.79. The van der Waals surface area contributed by atoms with E-state index in [1.165, 1.54) is 10.4 Å². The molecule has 15 heteroatoms. The molecule has 4 atom stereocenters. The van der Waals surface area contributed by atoms with Gasteiger partial charge in [-0.15, -0.1) is 0 Å². The van der Waals surface area contributed by atoms with Crippen molar-refractivity contribution in [3.05, 3.63) is 30.0 Å². The maximum absolute atomic E-state index is 15.5. The van der Waals surface area contributed by atoms with Crippen LogP contribution in [-0.4, -0.2) is 79.4 Å². The topological polar surface area (TPSA) is 181 Å². The van der Waals surface area contributed by atoms with Crippen molar-refractivity contribution in [2.24, 2.45) is 34.8 Å². The van der Waals surface area contributed by atoms with Crippen LogP contribution in [0.3, 0.4) is 0 Å². The van der Waals surface area contributed by atoms with Crippen LogP contribution in [0, 0.1) is 29.1 Å². The summed E-state index contributed by atoms with van der Waals surface area (Å²) in [7, 11) is -4.01. The Morgan fingerprint density at radius 2 is 1.57 bits per heavy atom. The number of benzene rings is 1. The van der Waals surface area contributed by atoms with Gasteiger partial charge in [0.1, 0.15) is 23.9 Å². The SMILES string of the molecule is CC(C)(C)C(F)[C@@H](OC(N)=O)C1CCC(C(=O)N2CC[C@@H](C3CCCCC3)[C@H]2C(=O)Nc2ccc3oc(C(=O)NS(=O)(=O)N4CCCCC4)cc3c2)CC1. The molecule has 1 aromatic carbocycles. The van der Waals surface area contributed by atoms with Gasteiger partial charge in [0.15, 0.2) is 5.76 Å². The summed E-state index contributed by atoms with van der Waals surface area (Å²) < 4.78 is 55.4. The van der Waals surface area contributed by atoms with Crippen molar-refractivity contribution in [2.45, 2.75) is 123 Å². The lowest BCUT2D eigenvalue weighted by atomic mass is 9.74. The van der Waals surface area contributed by atoms with E-state index in [1.807, 2.05) is 0 Å². The van der Waals surface area contributed by atoms with Gasteiger partial charge in [-0.3, -0.25) is 14.4 Å². The minimum absolute atomic E-state index is 0.00725. The number of hydrogen-bond acceptors (Lipinski definition) is 8. The molecule has 1 unspecified atom stereocenters. The summed E-state index contributed by atoms with van der Waals surface area (Å²) >= 11 is 0. The molecule has 2 aliphatic carbocycles. The van der Waals surface area contributed by atoms with E-state index in [0.717, 1.165) is 57.8 Å². The summed E-state index contributed by atoms with van der Waals surface area (Å²) in [6.07, 6.45) is 7.07. The lowest BCUT2D eigenvalue weighted by Crippen LogP contribution is -2.50. The van der Waals surface area contributed by atoms with Crippen molar-refractivity contribution in [3.63, 3.8) is 0 Å². The van der Waals surface area contributed by atoms with E-state index in [4.69, 9.17) is 14.9 Å². The number of piperidine rings is 1. The van der Waals surface area contributed by atoms with E-state index in [9.17, 15) is 27.6 Å². The number of carbonyl (C=O) groups is 4. The summed E-state index contributed by atoms with van der Waals surface area (Å²) in [4.78, 5) is 54.9. The van der Waals surface area contributed by atoms with Crippen molar-refractivity contribution in [3.8, 4) is 0 Å². The number of primary amides is 1. The second-order valence-corrected chi connectivity index (χ2v) is 18.5. The van der Waals surface area contributed by atoms with Gasteiger partial charge < -0.3 is 25.1 Å². The third-order valence-corrected chi connectivity index (χ3v) is 13.6. The maximum Gasteiger partial charge on any atom is 0.404 e. The Labute approximate surface area is 317 Å². The molecular formula is C39H56FN5O8S. The van der Waals surface area contributed by atoms with E-state index >= 15 is 4.39 Å². The summed E-state index contributed by atoms with van der Waals surface area (Å²) in [5, 5.41) is 3.55. The van der Waals surface area contributed by atoms with E-state index < -0.39 is 45.9 Å². The molecule has 4 N–H and O–H groups in total. The van der Waals surface area contributed by atoms with Gasteiger partial charge in [-0.05, 0) is 92.4 Å². The third kappa shape index (κ3) is 9.04. The van der Waals surface area contributed by atoms with Gasteiger partial charge >= 0.3 is 22.2 Å². The van der Waals surface area contributed by atoms with E-state index in [0.29, 0.717) is 67.9 Å². The molecule has 0 spiro atoms. The lowest BCUT2D eigenvalue weighted by molar-refractivity contribution is -0.143. The molecule has 1 aromatic heterocycles. The largest absolute Gasteiger partial charge is 0.451 e. The third-order valence-electron chi connectivity index (χ3n) is 12.1. The highest BCUT2D eigenvalue weighted by atomic mass is 32.2. The summed E-state index contributed by atoms with van der Waals surface area (Å²) in [5.74, 6) is -1.67. The molecule has 3 heterocycles. The standard InChI is InChI=1S/C39H56FN5O8S/c1-39(2,3)34(40)33(53-38(41)49)25-12-14-26(15-13-25)37(48)45-21-18-29(24-10-6-4-7-11-24)32(45)36(47)42-28-16-17-30-27(22-28)23-31(52-30)35(46)43-54(50,51)44-19-8-5-9-20-44/h16-17,22-26,29,32-34H,4-15,18-21H2,1-3H3,(H2,41,49)(H,42,47)(H,43,46)/t25?,26?,29-,32-,33-,34?/m0/s1. The summed E-state index contributed by atoms with van der Waals surface area (Å²) in [6, 6.07) is 5.73. The Morgan fingerprint density at radius 1 is 0.907 bits per heavy atom. The monoisotopic (exact) mass is 773 g/mol. The highest BCUT2D eigenvalue weighted by Gasteiger charge is 2.48. The number of nitrogens with zero attached hydrogens (tertiary/aromatic N) is 2. The van der Waals surface area contributed by atoms with Crippen molar-refractivity contribution in [1.82, 2.24) is 13.9 Å². The average molecular weight is 774 g/mol. The fraction of sp³-hybridized carbons (Fsp3) is 0.692. The molecule has 4 fully saturated rings. The predicted molar refractivity (Wildman–Crippen MR) is 201 cm³/mol.